The van der Waals surface area contributed by atoms with Crippen LogP contribution in [0.5, 0.6) is 5.75 Å². The van der Waals surface area contributed by atoms with E-state index in [-0.39, 0.29) is 18.1 Å². The van der Waals surface area contributed by atoms with Crippen LogP contribution in [-0.4, -0.2) is 23.2 Å². The van der Waals surface area contributed by atoms with E-state index >= 15 is 0 Å². The van der Waals surface area contributed by atoms with Crippen molar-refractivity contribution in [3.05, 3.63) is 59.9 Å². The number of alkyl carbamates (subject to hydrolysis) is 1. The first-order chi connectivity index (χ1) is 11.3. The smallest absolute Gasteiger partial charge is 0.407 e. The van der Waals surface area contributed by atoms with Crippen molar-refractivity contribution in [3.8, 4) is 5.75 Å². The summed E-state index contributed by atoms with van der Waals surface area (Å²) in [5, 5.41) is 2.85. The van der Waals surface area contributed by atoms with Crippen LogP contribution in [0.25, 0.3) is 0 Å². The molecule has 0 saturated heterocycles. The van der Waals surface area contributed by atoms with Crippen LogP contribution in [0.15, 0.2) is 48.7 Å². The van der Waals surface area contributed by atoms with Gasteiger partial charge in [-0.05, 0) is 30.5 Å². The first-order valence-corrected chi connectivity index (χ1v) is 7.85. The molecule has 1 N–H and O–H groups in total. The van der Waals surface area contributed by atoms with E-state index in [1.165, 1.54) is 0 Å². The Kier molecular flexibility index (Phi) is 3.41. The minimum absolute atomic E-state index is 0.1000. The summed E-state index contributed by atoms with van der Waals surface area (Å²) in [7, 11) is 0. The van der Waals surface area contributed by atoms with Crippen LogP contribution in [0.3, 0.4) is 0 Å². The van der Waals surface area contributed by atoms with Gasteiger partial charge < -0.3 is 14.8 Å². The largest absolute Gasteiger partial charge is 0.485 e. The normalized spacial score (nSPS) is 19.7. The SMILES string of the molecule is O=C(NCC1c2ncccc2OC12CC2)OCc1ccccc1. The molecule has 1 spiro atoms. The number of amides is 1. The number of nitrogens with one attached hydrogen (secondary N) is 1. The quantitative estimate of drug-likeness (QED) is 0.943. The third kappa shape index (κ3) is 2.74. The highest BCUT2D eigenvalue weighted by molar-refractivity contribution is 5.67. The van der Waals surface area contributed by atoms with Crippen molar-refractivity contribution in [1.29, 1.82) is 0 Å². The molecule has 1 aromatic heterocycles. The number of fused-ring (bicyclic) bond motifs is 1. The molecule has 1 aromatic carbocycles. The Hall–Kier alpha value is -2.56. The number of aromatic nitrogens is 1. The minimum Gasteiger partial charge on any atom is -0.485 e. The van der Waals surface area contributed by atoms with Gasteiger partial charge in [-0.15, -0.1) is 0 Å². The van der Waals surface area contributed by atoms with Gasteiger partial charge in [0.1, 0.15) is 18.0 Å². The zero-order valence-electron chi connectivity index (χ0n) is 12.7. The fraction of sp³-hybridized carbons (Fsp3) is 0.333. The van der Waals surface area contributed by atoms with Crippen molar-refractivity contribution in [2.24, 2.45) is 0 Å². The van der Waals surface area contributed by atoms with Gasteiger partial charge in [-0.2, -0.15) is 0 Å². The average molecular weight is 310 g/mol. The van der Waals surface area contributed by atoms with Crippen molar-refractivity contribution >= 4 is 6.09 Å². The average Bonchev–Trinajstić information content (AvgIpc) is 3.28. The highest BCUT2D eigenvalue weighted by atomic mass is 16.5. The molecular weight excluding hydrogens is 292 g/mol. The Bertz CT molecular complexity index is 713. The summed E-state index contributed by atoms with van der Waals surface area (Å²) in [6, 6.07) is 13.4. The van der Waals surface area contributed by atoms with Gasteiger partial charge in [-0.25, -0.2) is 4.79 Å². The standard InChI is InChI=1S/C18H18N2O3/c21-17(22-12-13-5-2-1-3-6-13)20-11-14-16-15(7-4-10-19-16)23-18(14)8-9-18/h1-7,10,14H,8-9,11-12H2,(H,20,21). The Morgan fingerprint density at radius 1 is 1.26 bits per heavy atom. The van der Waals surface area contributed by atoms with E-state index in [4.69, 9.17) is 9.47 Å². The number of ether oxygens (including phenoxy) is 2. The molecule has 2 aliphatic rings. The lowest BCUT2D eigenvalue weighted by Crippen LogP contribution is -2.34. The van der Waals surface area contributed by atoms with E-state index in [1.54, 1.807) is 6.20 Å². The van der Waals surface area contributed by atoms with Crippen LogP contribution in [0.2, 0.25) is 0 Å². The summed E-state index contributed by atoms with van der Waals surface area (Å²) in [6.45, 7) is 0.755. The number of hydrogen-bond acceptors (Lipinski definition) is 4. The Labute approximate surface area is 134 Å². The summed E-state index contributed by atoms with van der Waals surface area (Å²) in [5.41, 5.74) is 1.74. The molecule has 23 heavy (non-hydrogen) atoms. The first-order valence-electron chi connectivity index (χ1n) is 7.85. The number of rotatable bonds is 4. The zero-order valence-corrected chi connectivity index (χ0v) is 12.7. The number of benzene rings is 1. The van der Waals surface area contributed by atoms with E-state index in [1.807, 2.05) is 42.5 Å². The lowest BCUT2D eigenvalue weighted by atomic mass is 9.98. The van der Waals surface area contributed by atoms with Crippen LogP contribution in [0.1, 0.15) is 30.0 Å². The van der Waals surface area contributed by atoms with Gasteiger partial charge in [-0.1, -0.05) is 30.3 Å². The molecule has 1 atom stereocenters. The number of hydrogen-bond donors (Lipinski definition) is 1. The summed E-state index contributed by atoms with van der Waals surface area (Å²) in [4.78, 5) is 16.4. The number of nitrogens with zero attached hydrogens (tertiary/aromatic N) is 1. The maximum absolute atomic E-state index is 11.9. The Morgan fingerprint density at radius 2 is 2.09 bits per heavy atom. The molecule has 5 heteroatoms. The van der Waals surface area contributed by atoms with Crippen LogP contribution in [0.4, 0.5) is 4.79 Å². The van der Waals surface area contributed by atoms with E-state index < -0.39 is 6.09 Å². The highest BCUT2D eigenvalue weighted by Gasteiger charge is 2.58. The minimum atomic E-state index is -0.408. The monoisotopic (exact) mass is 310 g/mol. The third-order valence-electron chi connectivity index (χ3n) is 4.48. The maximum atomic E-state index is 11.9. The molecule has 1 aliphatic heterocycles. The molecule has 0 bridgehead atoms. The molecule has 2 aromatic rings. The molecule has 5 nitrogen and oxygen atoms in total. The second-order valence-corrected chi connectivity index (χ2v) is 6.05. The molecule has 118 valence electrons. The van der Waals surface area contributed by atoms with E-state index in [0.29, 0.717) is 6.54 Å². The summed E-state index contributed by atoms with van der Waals surface area (Å²) in [5.74, 6) is 0.942. The van der Waals surface area contributed by atoms with E-state index in [0.717, 1.165) is 29.8 Å². The summed E-state index contributed by atoms with van der Waals surface area (Å²) < 4.78 is 11.3. The van der Waals surface area contributed by atoms with Crippen LogP contribution in [0, 0.1) is 0 Å². The molecule has 1 fully saturated rings. The van der Waals surface area contributed by atoms with Crippen molar-refractivity contribution in [1.82, 2.24) is 10.3 Å². The molecule has 2 heterocycles. The fourth-order valence-electron chi connectivity index (χ4n) is 3.11. The van der Waals surface area contributed by atoms with Gasteiger partial charge in [0.25, 0.3) is 0 Å². The lowest BCUT2D eigenvalue weighted by molar-refractivity contribution is 0.134. The number of carbonyl (C=O) groups excluding carboxylic acids is 1. The lowest BCUT2D eigenvalue weighted by Gasteiger charge is -2.17. The number of pyridine rings is 1. The maximum Gasteiger partial charge on any atom is 0.407 e. The van der Waals surface area contributed by atoms with Crippen molar-refractivity contribution in [2.45, 2.75) is 31.0 Å². The van der Waals surface area contributed by atoms with Crippen molar-refractivity contribution in [3.63, 3.8) is 0 Å². The summed E-state index contributed by atoms with van der Waals surface area (Å²) in [6.07, 6.45) is 3.38. The van der Waals surface area contributed by atoms with Gasteiger partial charge in [0, 0.05) is 12.7 Å². The zero-order chi connectivity index (χ0) is 15.7. The molecule has 4 rings (SSSR count). The fourth-order valence-corrected chi connectivity index (χ4v) is 3.11. The summed E-state index contributed by atoms with van der Waals surface area (Å²) >= 11 is 0. The second kappa shape index (κ2) is 5.57. The molecular formula is C18H18N2O3. The van der Waals surface area contributed by atoms with Gasteiger partial charge >= 0.3 is 6.09 Å². The molecule has 1 unspecified atom stereocenters. The molecule has 1 saturated carbocycles. The van der Waals surface area contributed by atoms with Crippen molar-refractivity contribution in [2.75, 3.05) is 6.54 Å². The van der Waals surface area contributed by atoms with Crippen LogP contribution in [-0.2, 0) is 11.3 Å². The highest BCUT2D eigenvalue weighted by Crippen LogP contribution is 2.56. The van der Waals surface area contributed by atoms with Gasteiger partial charge in [0.05, 0.1) is 11.6 Å². The molecule has 0 radical (unpaired) electrons. The van der Waals surface area contributed by atoms with E-state index in [2.05, 4.69) is 10.3 Å². The van der Waals surface area contributed by atoms with E-state index in [9.17, 15) is 4.79 Å². The molecule has 1 aliphatic carbocycles. The van der Waals surface area contributed by atoms with Gasteiger partial charge in [-0.3, -0.25) is 4.98 Å². The van der Waals surface area contributed by atoms with Crippen molar-refractivity contribution < 1.29 is 14.3 Å². The van der Waals surface area contributed by atoms with Gasteiger partial charge in [0.15, 0.2) is 0 Å². The molecule has 1 amide bonds. The Morgan fingerprint density at radius 3 is 2.87 bits per heavy atom. The first kappa shape index (κ1) is 14.1. The second-order valence-electron chi connectivity index (χ2n) is 6.05. The third-order valence-corrected chi connectivity index (χ3v) is 4.48. The number of carbonyl (C=O) groups is 1. The predicted octanol–water partition coefficient (Wildman–Crippen LogP) is 3.02. The van der Waals surface area contributed by atoms with Gasteiger partial charge in [0.2, 0.25) is 0 Å². The Balaban J connectivity index is 1.35. The predicted molar refractivity (Wildman–Crippen MR) is 84.2 cm³/mol. The topological polar surface area (TPSA) is 60.5 Å². The van der Waals surface area contributed by atoms with Crippen LogP contribution < -0.4 is 10.1 Å². The van der Waals surface area contributed by atoms with Crippen LogP contribution >= 0.6 is 0 Å².